The van der Waals surface area contributed by atoms with Gasteiger partial charge < -0.3 is 15.8 Å². The van der Waals surface area contributed by atoms with Gasteiger partial charge in [0, 0.05) is 12.8 Å². The Balaban J connectivity index is 4.11. The van der Waals surface area contributed by atoms with Crippen molar-refractivity contribution >= 4 is 12.2 Å². The van der Waals surface area contributed by atoms with E-state index in [0.29, 0.717) is 6.54 Å². The fourth-order valence-corrected chi connectivity index (χ4v) is 0.480. The van der Waals surface area contributed by atoms with Gasteiger partial charge in [-0.25, -0.2) is 4.79 Å². The number of hydrogen-bond donors (Lipinski definition) is 3. The van der Waals surface area contributed by atoms with Crippen molar-refractivity contribution in [3.8, 4) is 0 Å². The Hall–Kier alpha value is -1.32. The summed E-state index contributed by atoms with van der Waals surface area (Å²) < 4.78 is 0. The smallest absolute Gasteiger partial charge is 0.352 e. The second-order valence-corrected chi connectivity index (χ2v) is 1.58. The first kappa shape index (κ1) is 8.68. The van der Waals surface area contributed by atoms with Crippen LogP contribution in [0.4, 0.5) is 0 Å². The summed E-state index contributed by atoms with van der Waals surface area (Å²) in [6.45, 7) is 2.34. The molecular weight excluding hydrogens is 132 g/mol. The molecule has 0 aliphatic carbocycles. The van der Waals surface area contributed by atoms with Gasteiger partial charge in [-0.3, -0.25) is 0 Å². The number of aliphatic carboxylic acids is 1. The molecule has 0 atom stereocenters. The molecule has 0 radical (unpaired) electrons. The molecule has 0 saturated carbocycles. The highest BCUT2D eigenvalue weighted by Gasteiger charge is 2.01. The SMILES string of the molecule is CCN/C(=C\C=N)C(=O)O. The topological polar surface area (TPSA) is 73.2 Å². The third-order valence-corrected chi connectivity index (χ3v) is 0.848. The molecule has 0 aliphatic rings. The summed E-state index contributed by atoms with van der Waals surface area (Å²) in [4.78, 5) is 10.2. The van der Waals surface area contributed by atoms with Gasteiger partial charge >= 0.3 is 5.97 Å². The van der Waals surface area contributed by atoms with Gasteiger partial charge in [0.1, 0.15) is 5.70 Å². The van der Waals surface area contributed by atoms with Crippen LogP contribution in [0.1, 0.15) is 6.92 Å². The zero-order chi connectivity index (χ0) is 7.98. The van der Waals surface area contributed by atoms with Crippen LogP contribution >= 0.6 is 0 Å². The molecule has 3 N–H and O–H groups in total. The van der Waals surface area contributed by atoms with Crippen molar-refractivity contribution in [1.29, 1.82) is 5.41 Å². The van der Waals surface area contributed by atoms with Gasteiger partial charge in [0.15, 0.2) is 0 Å². The van der Waals surface area contributed by atoms with Crippen LogP contribution in [0.3, 0.4) is 0 Å². The van der Waals surface area contributed by atoms with Crippen LogP contribution in [0.5, 0.6) is 0 Å². The molecule has 4 heteroatoms. The minimum absolute atomic E-state index is 0.0532. The Morgan fingerprint density at radius 1 is 1.80 bits per heavy atom. The van der Waals surface area contributed by atoms with Gasteiger partial charge in [-0.05, 0) is 13.0 Å². The average Bonchev–Trinajstić information content (AvgIpc) is 1.87. The summed E-state index contributed by atoms with van der Waals surface area (Å²) in [6, 6.07) is 0. The zero-order valence-electron chi connectivity index (χ0n) is 5.72. The number of carbonyl (C=O) groups is 1. The quantitative estimate of drug-likeness (QED) is 0.388. The van der Waals surface area contributed by atoms with Gasteiger partial charge in [-0.15, -0.1) is 0 Å². The van der Waals surface area contributed by atoms with E-state index >= 15 is 0 Å². The van der Waals surface area contributed by atoms with E-state index in [1.165, 1.54) is 6.08 Å². The molecule has 0 heterocycles. The van der Waals surface area contributed by atoms with Crippen LogP contribution in [0.25, 0.3) is 0 Å². The average molecular weight is 142 g/mol. The highest BCUT2D eigenvalue weighted by Crippen LogP contribution is 1.85. The normalized spacial score (nSPS) is 10.7. The van der Waals surface area contributed by atoms with E-state index < -0.39 is 5.97 Å². The Labute approximate surface area is 59.1 Å². The van der Waals surface area contributed by atoms with Crippen molar-refractivity contribution in [3.05, 3.63) is 11.8 Å². The molecule has 0 aromatic heterocycles. The predicted octanol–water partition coefficient (Wildman–Crippen LogP) is 0.214. The fraction of sp³-hybridized carbons (Fsp3) is 0.333. The lowest BCUT2D eigenvalue weighted by Gasteiger charge is -2.00. The van der Waals surface area contributed by atoms with Crippen molar-refractivity contribution in [2.24, 2.45) is 0 Å². The number of hydrogen-bond acceptors (Lipinski definition) is 3. The predicted molar refractivity (Wildman–Crippen MR) is 38.2 cm³/mol. The number of likely N-dealkylation sites (N-methyl/N-ethyl adjacent to an activating group) is 1. The Morgan fingerprint density at radius 2 is 2.40 bits per heavy atom. The number of carboxylic acids is 1. The van der Waals surface area contributed by atoms with E-state index in [-0.39, 0.29) is 5.70 Å². The van der Waals surface area contributed by atoms with Crippen molar-refractivity contribution < 1.29 is 9.90 Å². The highest BCUT2D eigenvalue weighted by atomic mass is 16.4. The monoisotopic (exact) mass is 142 g/mol. The molecule has 4 nitrogen and oxygen atoms in total. The lowest BCUT2D eigenvalue weighted by molar-refractivity contribution is -0.133. The third-order valence-electron chi connectivity index (χ3n) is 0.848. The van der Waals surface area contributed by atoms with Crippen LogP contribution < -0.4 is 5.32 Å². The second-order valence-electron chi connectivity index (χ2n) is 1.58. The van der Waals surface area contributed by atoms with Crippen LogP contribution in [0.2, 0.25) is 0 Å². The molecule has 0 amide bonds. The molecule has 0 aliphatic heterocycles. The number of nitrogens with one attached hydrogen (secondary N) is 2. The van der Waals surface area contributed by atoms with Gasteiger partial charge in [0.05, 0.1) is 0 Å². The molecule has 0 bridgehead atoms. The van der Waals surface area contributed by atoms with Crippen molar-refractivity contribution in [1.82, 2.24) is 5.32 Å². The molecule has 0 unspecified atom stereocenters. The summed E-state index contributed by atoms with van der Waals surface area (Å²) in [7, 11) is 0. The molecule has 10 heavy (non-hydrogen) atoms. The molecule has 0 fully saturated rings. The maximum atomic E-state index is 10.2. The van der Waals surface area contributed by atoms with Crippen molar-refractivity contribution in [2.75, 3.05) is 6.54 Å². The molecular formula is C6H10N2O2. The van der Waals surface area contributed by atoms with Crippen LogP contribution in [-0.4, -0.2) is 23.8 Å². The summed E-state index contributed by atoms with van der Waals surface area (Å²) >= 11 is 0. The van der Waals surface area contributed by atoms with Gasteiger partial charge in [0.2, 0.25) is 0 Å². The fourth-order valence-electron chi connectivity index (χ4n) is 0.480. The van der Waals surface area contributed by atoms with Gasteiger partial charge in [-0.1, -0.05) is 0 Å². The summed E-state index contributed by atoms with van der Waals surface area (Å²) in [5, 5.41) is 17.6. The molecule has 0 aromatic rings. The Kier molecular flexibility index (Phi) is 3.95. The summed E-state index contributed by atoms with van der Waals surface area (Å²) in [6.07, 6.45) is 2.14. The zero-order valence-corrected chi connectivity index (χ0v) is 5.72. The number of rotatable bonds is 4. The minimum Gasteiger partial charge on any atom is -0.477 e. The number of allylic oxidation sites excluding steroid dienone is 1. The van der Waals surface area contributed by atoms with Crippen LogP contribution in [0, 0.1) is 5.41 Å². The lowest BCUT2D eigenvalue weighted by atomic mass is 10.4. The number of carboxylic acid groups (broad SMARTS) is 1. The van der Waals surface area contributed by atoms with Crippen LogP contribution in [-0.2, 0) is 4.79 Å². The Bertz CT molecular complexity index is 163. The highest BCUT2D eigenvalue weighted by molar-refractivity contribution is 5.90. The lowest BCUT2D eigenvalue weighted by Crippen LogP contribution is -2.19. The van der Waals surface area contributed by atoms with Gasteiger partial charge in [-0.2, -0.15) is 0 Å². The van der Waals surface area contributed by atoms with E-state index in [9.17, 15) is 4.79 Å². The molecule has 0 rings (SSSR count). The van der Waals surface area contributed by atoms with Crippen LogP contribution in [0.15, 0.2) is 11.8 Å². The van der Waals surface area contributed by atoms with E-state index in [0.717, 1.165) is 6.21 Å². The Morgan fingerprint density at radius 3 is 2.70 bits per heavy atom. The maximum Gasteiger partial charge on any atom is 0.352 e. The van der Waals surface area contributed by atoms with Gasteiger partial charge in [0.25, 0.3) is 0 Å². The maximum absolute atomic E-state index is 10.2. The first-order valence-corrected chi connectivity index (χ1v) is 2.90. The molecule has 0 aromatic carbocycles. The van der Waals surface area contributed by atoms with Crippen molar-refractivity contribution in [2.45, 2.75) is 6.92 Å². The molecule has 0 spiro atoms. The first-order chi connectivity index (χ1) is 4.72. The third kappa shape index (κ3) is 2.86. The minimum atomic E-state index is -1.04. The van der Waals surface area contributed by atoms with E-state index in [1.807, 2.05) is 0 Å². The largest absolute Gasteiger partial charge is 0.477 e. The van der Waals surface area contributed by atoms with E-state index in [2.05, 4.69) is 5.32 Å². The summed E-state index contributed by atoms with van der Waals surface area (Å²) in [5.74, 6) is -1.04. The van der Waals surface area contributed by atoms with E-state index in [4.69, 9.17) is 10.5 Å². The molecule has 0 saturated heterocycles. The first-order valence-electron chi connectivity index (χ1n) is 2.90. The summed E-state index contributed by atoms with van der Waals surface area (Å²) in [5.41, 5.74) is 0.0532. The van der Waals surface area contributed by atoms with E-state index in [1.54, 1.807) is 6.92 Å². The van der Waals surface area contributed by atoms with Crippen molar-refractivity contribution in [3.63, 3.8) is 0 Å². The molecule has 56 valence electrons. The standard InChI is InChI=1S/C6H10N2O2/c1-2-8-5(3-4-7)6(9)10/h3-4,7-8H,2H2,1H3,(H,9,10)/b5-3-,7-4?. The second kappa shape index (κ2) is 4.55.